The standard InChI is InChI=1S/C9H9BrF/c1-6(2)7-4-3-5-8(10)9(7)11/h3-5H,1-2H3. The normalized spacial score (nSPS) is 10.6. The quantitative estimate of drug-likeness (QED) is 0.673. The van der Waals surface area contributed by atoms with Crippen molar-refractivity contribution in [3.63, 3.8) is 0 Å². The van der Waals surface area contributed by atoms with E-state index in [9.17, 15) is 4.39 Å². The molecule has 0 aliphatic rings. The van der Waals surface area contributed by atoms with Gasteiger partial charge in [0, 0.05) is 5.92 Å². The lowest BCUT2D eigenvalue weighted by atomic mass is 10.0. The van der Waals surface area contributed by atoms with E-state index in [4.69, 9.17) is 0 Å². The Morgan fingerprint density at radius 1 is 1.36 bits per heavy atom. The first kappa shape index (κ1) is 8.72. The molecule has 0 saturated carbocycles. The number of hydrogen-bond acceptors (Lipinski definition) is 0. The van der Waals surface area contributed by atoms with E-state index in [1.807, 2.05) is 19.9 Å². The molecule has 1 aromatic carbocycles. The van der Waals surface area contributed by atoms with Crippen molar-refractivity contribution in [1.82, 2.24) is 0 Å². The Hall–Kier alpha value is -0.370. The van der Waals surface area contributed by atoms with E-state index in [-0.39, 0.29) is 5.82 Å². The first-order valence-electron chi connectivity index (χ1n) is 3.37. The van der Waals surface area contributed by atoms with E-state index in [0.29, 0.717) is 10.0 Å². The van der Waals surface area contributed by atoms with Crippen LogP contribution in [0.3, 0.4) is 0 Å². The summed E-state index contributed by atoms with van der Waals surface area (Å²) in [5.41, 5.74) is 0.680. The zero-order valence-corrected chi connectivity index (χ0v) is 8.07. The van der Waals surface area contributed by atoms with Crippen molar-refractivity contribution in [2.24, 2.45) is 0 Å². The lowest BCUT2D eigenvalue weighted by Gasteiger charge is -2.06. The highest BCUT2D eigenvalue weighted by Crippen LogP contribution is 2.23. The molecule has 2 heteroatoms. The van der Waals surface area contributed by atoms with Gasteiger partial charge in [0.25, 0.3) is 0 Å². The first-order valence-corrected chi connectivity index (χ1v) is 4.16. The second kappa shape index (κ2) is 3.35. The van der Waals surface area contributed by atoms with Crippen molar-refractivity contribution < 1.29 is 4.39 Å². The van der Waals surface area contributed by atoms with Gasteiger partial charge in [-0.25, -0.2) is 4.39 Å². The summed E-state index contributed by atoms with van der Waals surface area (Å²) in [5.74, 6) is 0.816. The predicted octanol–water partition coefficient (Wildman–Crippen LogP) is 3.55. The van der Waals surface area contributed by atoms with Crippen LogP contribution in [0.1, 0.15) is 19.4 Å². The Bertz CT molecular complexity index is 256. The zero-order valence-electron chi connectivity index (χ0n) is 6.49. The van der Waals surface area contributed by atoms with Crippen molar-refractivity contribution >= 4 is 15.9 Å². The Labute approximate surface area is 74.6 Å². The average molecular weight is 216 g/mol. The summed E-state index contributed by atoms with van der Waals surface area (Å²) in [4.78, 5) is 0. The van der Waals surface area contributed by atoms with Crippen molar-refractivity contribution in [3.05, 3.63) is 40.0 Å². The molecule has 1 aromatic rings. The monoisotopic (exact) mass is 215 g/mol. The van der Waals surface area contributed by atoms with Gasteiger partial charge in [-0.15, -0.1) is 0 Å². The maximum atomic E-state index is 13.2. The maximum Gasteiger partial charge on any atom is 0.141 e. The van der Waals surface area contributed by atoms with Crippen LogP contribution in [-0.4, -0.2) is 0 Å². The minimum atomic E-state index is -0.174. The van der Waals surface area contributed by atoms with Crippen LogP contribution < -0.4 is 0 Å². The van der Waals surface area contributed by atoms with Crippen molar-refractivity contribution in [3.8, 4) is 0 Å². The SMILES string of the molecule is C[C](C)c1cccc(Br)c1F. The van der Waals surface area contributed by atoms with Gasteiger partial charge in [0.05, 0.1) is 4.47 Å². The highest BCUT2D eigenvalue weighted by Gasteiger charge is 2.08. The van der Waals surface area contributed by atoms with Crippen LogP contribution in [0.15, 0.2) is 22.7 Å². The molecule has 0 amide bonds. The van der Waals surface area contributed by atoms with Crippen LogP contribution in [0.5, 0.6) is 0 Å². The summed E-state index contributed by atoms with van der Waals surface area (Å²) in [6.07, 6.45) is 0. The molecule has 0 nitrogen and oxygen atoms in total. The van der Waals surface area contributed by atoms with E-state index in [2.05, 4.69) is 15.9 Å². The fourth-order valence-corrected chi connectivity index (χ4v) is 1.26. The molecule has 0 saturated heterocycles. The molecular weight excluding hydrogens is 207 g/mol. The predicted molar refractivity (Wildman–Crippen MR) is 47.8 cm³/mol. The molecule has 0 N–H and O–H groups in total. The second-order valence-corrected chi connectivity index (χ2v) is 3.46. The molecule has 0 bridgehead atoms. The number of hydrogen-bond donors (Lipinski definition) is 0. The molecular formula is C9H9BrF. The lowest BCUT2D eigenvalue weighted by molar-refractivity contribution is 0.609. The highest BCUT2D eigenvalue weighted by molar-refractivity contribution is 9.10. The molecule has 0 aromatic heterocycles. The summed E-state index contributed by atoms with van der Waals surface area (Å²) < 4.78 is 13.7. The molecule has 0 atom stereocenters. The van der Waals surface area contributed by atoms with Crippen LogP contribution in [0.25, 0.3) is 0 Å². The fraction of sp³-hybridized carbons (Fsp3) is 0.222. The third kappa shape index (κ3) is 1.80. The smallest absolute Gasteiger partial charge is 0.141 e. The third-order valence-corrected chi connectivity index (χ3v) is 2.10. The molecule has 11 heavy (non-hydrogen) atoms. The fourth-order valence-electron chi connectivity index (χ4n) is 0.890. The molecule has 0 fully saturated rings. The van der Waals surface area contributed by atoms with Gasteiger partial charge in [0.1, 0.15) is 5.82 Å². The van der Waals surface area contributed by atoms with Gasteiger partial charge in [-0.2, -0.15) is 0 Å². The van der Waals surface area contributed by atoms with E-state index in [1.165, 1.54) is 0 Å². The van der Waals surface area contributed by atoms with Gasteiger partial charge in [0.2, 0.25) is 0 Å². The van der Waals surface area contributed by atoms with Crippen LogP contribution >= 0.6 is 15.9 Å². The molecule has 0 aliphatic heterocycles. The third-order valence-electron chi connectivity index (χ3n) is 1.49. The largest absolute Gasteiger partial charge is 0.205 e. The second-order valence-electron chi connectivity index (χ2n) is 2.60. The summed E-state index contributed by atoms with van der Waals surface area (Å²) in [5, 5.41) is 0. The molecule has 0 unspecified atom stereocenters. The molecule has 1 rings (SSSR count). The Morgan fingerprint density at radius 2 is 2.00 bits per heavy atom. The minimum Gasteiger partial charge on any atom is -0.205 e. The number of rotatable bonds is 1. The van der Waals surface area contributed by atoms with Crippen LogP contribution in [0, 0.1) is 11.7 Å². The van der Waals surface area contributed by atoms with Gasteiger partial charge >= 0.3 is 0 Å². The zero-order chi connectivity index (χ0) is 8.43. The number of benzene rings is 1. The van der Waals surface area contributed by atoms with Gasteiger partial charge < -0.3 is 0 Å². The average Bonchev–Trinajstić information content (AvgIpc) is 1.94. The van der Waals surface area contributed by atoms with Crippen LogP contribution in [-0.2, 0) is 0 Å². The first-order chi connectivity index (χ1) is 5.13. The summed E-state index contributed by atoms with van der Waals surface area (Å²) >= 11 is 3.13. The van der Waals surface area contributed by atoms with Crippen molar-refractivity contribution in [2.45, 2.75) is 13.8 Å². The molecule has 0 aliphatic carbocycles. The highest BCUT2D eigenvalue weighted by atomic mass is 79.9. The van der Waals surface area contributed by atoms with Gasteiger partial charge in [-0.05, 0) is 27.6 Å². The molecule has 1 radical (unpaired) electrons. The molecule has 0 spiro atoms. The molecule has 0 heterocycles. The van der Waals surface area contributed by atoms with Gasteiger partial charge in [-0.3, -0.25) is 0 Å². The number of halogens is 2. The van der Waals surface area contributed by atoms with Gasteiger partial charge in [-0.1, -0.05) is 26.0 Å². The van der Waals surface area contributed by atoms with E-state index < -0.39 is 0 Å². The van der Waals surface area contributed by atoms with Crippen LogP contribution in [0.4, 0.5) is 4.39 Å². The van der Waals surface area contributed by atoms with Crippen LogP contribution in [0.2, 0.25) is 0 Å². The van der Waals surface area contributed by atoms with E-state index >= 15 is 0 Å². The topological polar surface area (TPSA) is 0 Å². The lowest BCUT2D eigenvalue weighted by Crippen LogP contribution is -1.93. The van der Waals surface area contributed by atoms with E-state index in [0.717, 1.165) is 5.92 Å². The summed E-state index contributed by atoms with van der Waals surface area (Å²) in [6, 6.07) is 5.30. The Kier molecular flexibility index (Phi) is 2.66. The summed E-state index contributed by atoms with van der Waals surface area (Å²) in [7, 11) is 0. The van der Waals surface area contributed by atoms with Crippen molar-refractivity contribution in [1.29, 1.82) is 0 Å². The molecule has 59 valence electrons. The van der Waals surface area contributed by atoms with E-state index in [1.54, 1.807) is 12.1 Å². The minimum absolute atomic E-state index is 0.174. The Balaban J connectivity index is 3.17. The van der Waals surface area contributed by atoms with Gasteiger partial charge in [0.15, 0.2) is 0 Å². The maximum absolute atomic E-state index is 13.2. The van der Waals surface area contributed by atoms with Crippen molar-refractivity contribution in [2.75, 3.05) is 0 Å². The Morgan fingerprint density at radius 3 is 2.45 bits per heavy atom. The summed E-state index contributed by atoms with van der Waals surface area (Å²) in [6.45, 7) is 3.79.